The quantitative estimate of drug-likeness (QED) is 0.107. The Labute approximate surface area is 806 Å². The van der Waals surface area contributed by atoms with Crippen molar-refractivity contribution in [2.45, 2.75) is 41.4 Å². The zero-order valence-electron chi connectivity index (χ0n) is 81.9. The lowest BCUT2D eigenvalue weighted by atomic mass is 9.34. The first kappa shape index (κ1) is 72.1. The molecule has 0 atom stereocenters. The molecule has 0 unspecified atom stereocenters. The van der Waals surface area contributed by atoms with Crippen LogP contribution in [0.5, 0.6) is 0 Å². The Morgan fingerprint density at radius 3 is 1.26 bits per heavy atom. The van der Waals surface area contributed by atoms with Crippen molar-refractivity contribution < 1.29 is 9.60 Å². The molecular weight excluding hydrogens is 1660 g/mol. The average Bonchev–Trinajstić information content (AvgIpc) is 1.54. The van der Waals surface area contributed by atoms with Gasteiger partial charge in [0.1, 0.15) is 0 Å². The van der Waals surface area contributed by atoms with Crippen LogP contribution in [0.4, 0.5) is 17.1 Å². The van der Waals surface area contributed by atoms with Crippen molar-refractivity contribution in [3.63, 3.8) is 0 Å². The molecule has 2 aliphatic carbocycles. The molecule has 2 aromatic heterocycles. The lowest BCUT2D eigenvalue weighted by Crippen LogP contribution is -2.60. The van der Waals surface area contributed by atoms with E-state index in [1.54, 1.807) is 4.57 Å². The van der Waals surface area contributed by atoms with Crippen LogP contribution in [0.3, 0.4) is 0 Å². The zero-order valence-corrected chi connectivity index (χ0v) is 75.7. The molecular formula is C131H88BN3S. The van der Waals surface area contributed by atoms with Gasteiger partial charge >= 0.3 is 0 Å². The molecule has 0 saturated heterocycles. The van der Waals surface area contributed by atoms with Crippen LogP contribution in [-0.2, 0) is 10.8 Å². The Kier molecular flexibility index (Phi) is 16.6. The first-order valence-corrected chi connectivity index (χ1v) is 47.7. The van der Waals surface area contributed by atoms with Crippen LogP contribution >= 0.6 is 11.8 Å². The molecule has 3 nitrogen and oxygen atoms in total. The lowest BCUT2D eigenvalue weighted by Gasteiger charge is -2.43. The molecule has 0 N–H and O–H groups in total. The highest BCUT2D eigenvalue weighted by atomic mass is 32.2. The molecule has 0 amide bonds. The fraction of sp³-hybridized carbons (Fsp3) is 0.0382. The van der Waals surface area contributed by atoms with E-state index in [-0.39, 0.29) is 57.6 Å². The van der Waals surface area contributed by atoms with Crippen molar-refractivity contribution in [1.82, 2.24) is 9.13 Å². The molecule has 0 radical (unpaired) electrons. The minimum absolute atomic E-state index is 0.0890. The normalized spacial score (nSPS) is 13.7. The Morgan fingerprint density at radius 2 is 0.684 bits per heavy atom. The number of para-hydroxylation sites is 3. The maximum atomic E-state index is 10.6. The van der Waals surface area contributed by atoms with Crippen molar-refractivity contribution in [3.05, 3.63) is 507 Å². The summed E-state index contributed by atoms with van der Waals surface area (Å²) in [6.45, 7) is 6.33. The van der Waals surface area contributed by atoms with E-state index in [1.165, 1.54) is 55.3 Å². The third-order valence-electron chi connectivity index (χ3n) is 28.9. The smallest absolute Gasteiger partial charge is 0.249 e. The molecule has 27 rings (SSSR count). The van der Waals surface area contributed by atoms with Crippen molar-refractivity contribution in [3.8, 4) is 145 Å². The molecule has 21 aromatic carbocycles. The van der Waals surface area contributed by atoms with Crippen molar-refractivity contribution >= 4 is 95.5 Å². The average molecular weight is 1750 g/mol. The van der Waals surface area contributed by atoms with Crippen molar-refractivity contribution in [2.75, 3.05) is 4.90 Å². The Balaban J connectivity index is 0.802. The van der Waals surface area contributed by atoms with Gasteiger partial charge in [-0.2, -0.15) is 0 Å². The summed E-state index contributed by atoms with van der Waals surface area (Å²) in [7, 11) is 0. The molecule has 4 aliphatic rings. The summed E-state index contributed by atoms with van der Waals surface area (Å²) in [5.41, 5.74) is 38.8. The highest BCUT2D eigenvalue weighted by Gasteiger charge is 2.52. The van der Waals surface area contributed by atoms with E-state index in [0.29, 0.717) is 11.3 Å². The van der Waals surface area contributed by atoms with Crippen LogP contribution in [-0.4, -0.2) is 15.8 Å². The number of nitrogens with zero attached hydrogens (tertiary/aromatic N) is 3. The third-order valence-corrected chi connectivity index (χ3v) is 30.1. The number of hydrogen-bond donors (Lipinski definition) is 0. The second-order valence-electron chi connectivity index (χ2n) is 37.5. The van der Waals surface area contributed by atoms with E-state index in [2.05, 4.69) is 437 Å². The van der Waals surface area contributed by atoms with Crippen LogP contribution in [0.15, 0.2) is 489 Å². The maximum Gasteiger partial charge on any atom is 0.249 e. The Morgan fingerprint density at radius 1 is 0.265 bits per heavy atom. The summed E-state index contributed by atoms with van der Waals surface area (Å²) >= 11 is 1.84. The minimum Gasteiger partial charge on any atom is -0.310 e. The summed E-state index contributed by atoms with van der Waals surface area (Å²) in [6.07, 6.45) is 0. The summed E-state index contributed by atoms with van der Waals surface area (Å²) < 4.78 is 75.4. The van der Waals surface area contributed by atoms with Gasteiger partial charge in [-0.05, 0) is 288 Å². The first-order chi connectivity index (χ1) is 70.0. The van der Waals surface area contributed by atoms with Crippen molar-refractivity contribution in [1.29, 1.82) is 0 Å². The number of rotatable bonds is 13. The Hall–Kier alpha value is -16.6. The SMILES string of the molecule is [2H]c1c([2H])c([2H])c2c(c1[2H])c1c([2H])c(-c3ccccc3)c([2H])c([2H])c1n2-c1ccc2c(c1)N(c1c(-c3cccc(-c4ccccc4)c3)cc(C(C)(C)C)cc1-c1cccc(-c3ccccc3)c1)c1cc(-c3ccc(-n4c5ccccc5c5ccccc54)cc3)cc3c1B2c1cc(-c2cc(-c4ccccc4)cc(-c4ccccc4)c2)cc(-c2ccc4c(c2)-c2ccccc2C42c4ccccc4-c4ccccc42)c1S3. The number of benzene rings is 21. The maximum absolute atomic E-state index is 10.6. The molecule has 23 aromatic rings. The fourth-order valence-electron chi connectivity index (χ4n) is 22.7. The van der Waals surface area contributed by atoms with Crippen LogP contribution in [0, 0.1) is 0 Å². The molecule has 1 spiro atoms. The van der Waals surface area contributed by atoms with Gasteiger partial charge in [0.25, 0.3) is 0 Å². The molecule has 5 heteroatoms. The molecule has 4 heterocycles. The molecule has 136 heavy (non-hydrogen) atoms. The van der Waals surface area contributed by atoms with Gasteiger partial charge in [0.15, 0.2) is 0 Å². The molecule has 0 fully saturated rings. The van der Waals surface area contributed by atoms with Crippen LogP contribution < -0.4 is 21.3 Å². The van der Waals surface area contributed by atoms with Gasteiger partial charge in [0.05, 0.1) is 42.8 Å². The van der Waals surface area contributed by atoms with E-state index < -0.39 is 29.6 Å². The van der Waals surface area contributed by atoms with E-state index in [4.69, 9.17) is 0 Å². The van der Waals surface area contributed by atoms with Crippen LogP contribution in [0.2, 0.25) is 0 Å². The summed E-state index contributed by atoms with van der Waals surface area (Å²) in [5, 5.41) is 2.59. The van der Waals surface area contributed by atoms with Gasteiger partial charge in [-0.15, -0.1) is 0 Å². The lowest BCUT2D eigenvalue weighted by molar-refractivity contribution is 0.591. The Bertz CT molecular complexity index is 9050. The van der Waals surface area contributed by atoms with E-state index in [1.807, 2.05) is 42.1 Å². The van der Waals surface area contributed by atoms with Gasteiger partial charge in [-0.1, -0.05) is 396 Å². The number of aromatic nitrogens is 2. The molecule has 636 valence electrons. The third kappa shape index (κ3) is 12.5. The van der Waals surface area contributed by atoms with Gasteiger partial charge < -0.3 is 14.0 Å². The van der Waals surface area contributed by atoms with E-state index in [9.17, 15) is 9.60 Å². The largest absolute Gasteiger partial charge is 0.310 e. The summed E-state index contributed by atoms with van der Waals surface area (Å²) in [5.74, 6) is 0. The number of anilines is 3. The topological polar surface area (TPSA) is 13.1 Å². The van der Waals surface area contributed by atoms with Crippen LogP contribution in [0.1, 0.15) is 58.2 Å². The molecule has 0 bridgehead atoms. The van der Waals surface area contributed by atoms with Gasteiger partial charge in [-0.25, -0.2) is 0 Å². The predicted octanol–water partition coefficient (Wildman–Crippen LogP) is 33.0. The number of fused-ring (bicyclic) bond motifs is 20. The minimum atomic E-state index is -0.606. The fourth-order valence-corrected chi connectivity index (χ4v) is 24.0. The predicted molar refractivity (Wildman–Crippen MR) is 574 cm³/mol. The monoisotopic (exact) mass is 1750 g/mol. The van der Waals surface area contributed by atoms with Crippen molar-refractivity contribution in [2.24, 2.45) is 0 Å². The van der Waals surface area contributed by atoms with Gasteiger partial charge in [0.2, 0.25) is 6.71 Å². The second-order valence-corrected chi connectivity index (χ2v) is 38.6. The second kappa shape index (κ2) is 31.3. The first-order valence-electron chi connectivity index (χ1n) is 50.4. The highest BCUT2D eigenvalue weighted by Crippen LogP contribution is 2.64. The summed E-state index contributed by atoms with van der Waals surface area (Å²) in [6, 6.07) is 157. The van der Waals surface area contributed by atoms with Gasteiger partial charge in [-0.3, -0.25) is 0 Å². The van der Waals surface area contributed by atoms with Crippen LogP contribution in [0.25, 0.3) is 189 Å². The van der Waals surface area contributed by atoms with E-state index >= 15 is 0 Å². The standard InChI is InChI=1S/C131H88BN3S/c1-130(2,3)100-80-109(92-45-31-43-89(69-92)83-33-9-4-10-34-83)128(110(81-100)93-46-32-44-90(70-93)84-35-11-5-12-36-84)135-124-82-102(134-122-58-30-24-52-108(122)113-74-91(62-68-123(113)134)85-37-13-6-14-38-85)65-67-118(124)132-119-77-98(97-72-95(86-39-15-7-16-40-86)71-96(73-97)87-41-17-8-18-42-87)76-111(94-61-66-117-112(75-94)105-49-21-27-55-116(105)131(117)114-53-25-19-47-103(114)104-48-20-26-54-115(104)131)129(119)136-126-79-99(78-125(135)127(126)132)88-59-63-101(64-60-88)133-120-56-28-22-50-106(120)107-51-23-29-57-121(107)133/h4-82H,1-3H3/i24D,30D,52D,58D,62D,68D,74D. The van der Waals surface area contributed by atoms with Gasteiger partial charge in [0, 0.05) is 65.2 Å². The summed E-state index contributed by atoms with van der Waals surface area (Å²) in [4.78, 5) is 4.68. The molecule has 2 aliphatic heterocycles. The van der Waals surface area contributed by atoms with E-state index in [0.717, 1.165) is 166 Å². The molecule has 0 saturated carbocycles. The number of hydrogen-bond acceptors (Lipinski definition) is 2. The zero-order chi connectivity index (χ0) is 96.1. The highest BCUT2D eigenvalue weighted by molar-refractivity contribution is 8.00.